The summed E-state index contributed by atoms with van der Waals surface area (Å²) >= 11 is 6.11. The van der Waals surface area contributed by atoms with Gasteiger partial charge in [-0.15, -0.1) is 0 Å². The van der Waals surface area contributed by atoms with Crippen molar-refractivity contribution in [3.8, 4) is 0 Å². The highest BCUT2D eigenvalue weighted by molar-refractivity contribution is 6.31. The largest absolute Gasteiger partial charge is 0.299 e. The van der Waals surface area contributed by atoms with Gasteiger partial charge in [0.25, 0.3) is 0 Å². The van der Waals surface area contributed by atoms with Crippen molar-refractivity contribution in [3.63, 3.8) is 0 Å². The number of Topliss-reactive ketones (excluding diaryl/α,β-unsaturated/α-hetero) is 1. The van der Waals surface area contributed by atoms with Gasteiger partial charge in [-0.3, -0.25) is 4.79 Å². The minimum absolute atomic E-state index is 0.0446. The van der Waals surface area contributed by atoms with Crippen molar-refractivity contribution in [1.82, 2.24) is 0 Å². The zero-order chi connectivity index (χ0) is 11.3. The number of alkyl halides is 1. The molecule has 0 unspecified atom stereocenters. The van der Waals surface area contributed by atoms with E-state index < -0.39 is 11.6 Å². The summed E-state index contributed by atoms with van der Waals surface area (Å²) in [5.74, 6) is 0.0446. The standard InChI is InChI=1S/C13H12ClFO/c14-10-3-1-2-9-8(10)4-5-11(15)13(9)7-6-12(13)16/h1-3,11H,4-7H2/t11-,13+/m1/s1. The van der Waals surface area contributed by atoms with Crippen LogP contribution in [0.2, 0.25) is 5.02 Å². The molecule has 0 aliphatic heterocycles. The smallest absolute Gasteiger partial charge is 0.146 e. The number of rotatable bonds is 0. The number of carbonyl (C=O) groups excluding carboxylic acids is 1. The molecule has 3 rings (SSSR count). The fraction of sp³-hybridized carbons (Fsp3) is 0.462. The summed E-state index contributed by atoms with van der Waals surface area (Å²) in [6.07, 6.45) is 1.18. The Bertz CT molecular complexity index is 471. The second-order valence-electron chi connectivity index (χ2n) is 4.67. The van der Waals surface area contributed by atoms with E-state index in [-0.39, 0.29) is 5.78 Å². The molecule has 1 saturated carbocycles. The van der Waals surface area contributed by atoms with Crippen LogP contribution >= 0.6 is 11.6 Å². The first kappa shape index (κ1) is 10.3. The van der Waals surface area contributed by atoms with Crippen molar-refractivity contribution in [2.75, 3.05) is 0 Å². The summed E-state index contributed by atoms with van der Waals surface area (Å²) in [4.78, 5) is 11.8. The van der Waals surface area contributed by atoms with E-state index in [4.69, 9.17) is 11.6 Å². The van der Waals surface area contributed by atoms with E-state index in [1.807, 2.05) is 18.2 Å². The molecule has 0 N–H and O–H groups in total. The lowest BCUT2D eigenvalue weighted by molar-refractivity contribution is -0.136. The molecule has 16 heavy (non-hydrogen) atoms. The van der Waals surface area contributed by atoms with Gasteiger partial charge in [-0.1, -0.05) is 23.7 Å². The molecule has 0 heterocycles. The third kappa shape index (κ3) is 1.08. The van der Waals surface area contributed by atoms with Crippen LogP contribution in [-0.2, 0) is 16.6 Å². The quantitative estimate of drug-likeness (QED) is 0.678. The molecule has 1 nitrogen and oxygen atoms in total. The van der Waals surface area contributed by atoms with E-state index in [0.29, 0.717) is 30.7 Å². The van der Waals surface area contributed by atoms with E-state index in [1.165, 1.54) is 0 Å². The fourth-order valence-corrected chi connectivity index (χ4v) is 3.30. The Kier molecular flexibility index (Phi) is 2.12. The molecule has 2 atom stereocenters. The van der Waals surface area contributed by atoms with Gasteiger partial charge in [-0.05, 0) is 36.5 Å². The second kappa shape index (κ2) is 3.30. The monoisotopic (exact) mass is 238 g/mol. The molecular weight excluding hydrogens is 227 g/mol. The molecule has 2 aliphatic carbocycles. The second-order valence-corrected chi connectivity index (χ2v) is 5.07. The molecule has 1 aromatic rings. The molecule has 0 radical (unpaired) electrons. The van der Waals surface area contributed by atoms with Crippen LogP contribution in [-0.4, -0.2) is 12.0 Å². The zero-order valence-electron chi connectivity index (χ0n) is 8.80. The van der Waals surface area contributed by atoms with Crippen molar-refractivity contribution in [2.45, 2.75) is 37.3 Å². The number of benzene rings is 1. The predicted molar refractivity (Wildman–Crippen MR) is 60.6 cm³/mol. The lowest BCUT2D eigenvalue weighted by atomic mass is 9.56. The first-order chi connectivity index (χ1) is 7.66. The maximum absolute atomic E-state index is 14.1. The van der Waals surface area contributed by atoms with Crippen LogP contribution in [0.1, 0.15) is 30.4 Å². The minimum Gasteiger partial charge on any atom is -0.299 e. The average Bonchev–Trinajstić information content (AvgIpc) is 2.27. The molecule has 1 fully saturated rings. The third-order valence-corrected chi connectivity index (χ3v) is 4.38. The Morgan fingerprint density at radius 3 is 2.81 bits per heavy atom. The van der Waals surface area contributed by atoms with Gasteiger partial charge in [-0.25, -0.2) is 4.39 Å². The topological polar surface area (TPSA) is 17.1 Å². The van der Waals surface area contributed by atoms with Crippen molar-refractivity contribution in [2.24, 2.45) is 0 Å². The van der Waals surface area contributed by atoms with Crippen LogP contribution in [0.5, 0.6) is 0 Å². The van der Waals surface area contributed by atoms with Crippen LogP contribution in [0.15, 0.2) is 18.2 Å². The molecule has 2 aliphatic rings. The SMILES string of the molecule is O=C1CC[C@@]12c1cccc(Cl)c1CC[C@H]2F. The summed E-state index contributed by atoms with van der Waals surface area (Å²) in [7, 11) is 0. The molecule has 0 saturated heterocycles. The Labute approximate surface area is 98.6 Å². The molecule has 0 aromatic heterocycles. The fourth-order valence-electron chi connectivity index (χ4n) is 3.03. The Morgan fingerprint density at radius 2 is 2.19 bits per heavy atom. The first-order valence-corrected chi connectivity index (χ1v) is 5.99. The molecule has 3 heteroatoms. The normalized spacial score (nSPS) is 32.4. The van der Waals surface area contributed by atoms with E-state index in [9.17, 15) is 9.18 Å². The van der Waals surface area contributed by atoms with Crippen molar-refractivity contribution >= 4 is 17.4 Å². The number of hydrogen-bond acceptors (Lipinski definition) is 1. The molecule has 1 aromatic carbocycles. The maximum Gasteiger partial charge on any atom is 0.146 e. The highest BCUT2D eigenvalue weighted by Crippen LogP contribution is 2.51. The highest BCUT2D eigenvalue weighted by Gasteiger charge is 2.56. The maximum atomic E-state index is 14.1. The lowest BCUT2D eigenvalue weighted by Gasteiger charge is -2.46. The Balaban J connectivity index is 2.22. The van der Waals surface area contributed by atoms with Crippen LogP contribution in [0.3, 0.4) is 0 Å². The third-order valence-electron chi connectivity index (χ3n) is 4.03. The molecule has 0 amide bonds. The summed E-state index contributed by atoms with van der Waals surface area (Å²) in [5.41, 5.74) is 0.972. The van der Waals surface area contributed by atoms with Crippen LogP contribution < -0.4 is 0 Å². The van der Waals surface area contributed by atoms with Gasteiger partial charge in [0, 0.05) is 11.4 Å². The molecule has 1 spiro atoms. The van der Waals surface area contributed by atoms with Gasteiger partial charge in [0.15, 0.2) is 0 Å². The van der Waals surface area contributed by atoms with Gasteiger partial charge in [0.05, 0.1) is 5.41 Å². The molecule has 0 bridgehead atoms. The van der Waals surface area contributed by atoms with Crippen molar-refractivity contribution < 1.29 is 9.18 Å². The van der Waals surface area contributed by atoms with Crippen LogP contribution in [0, 0.1) is 0 Å². The number of hydrogen-bond donors (Lipinski definition) is 0. The lowest BCUT2D eigenvalue weighted by Crippen LogP contribution is -2.54. The number of carbonyl (C=O) groups is 1. The summed E-state index contributed by atoms with van der Waals surface area (Å²) in [6.45, 7) is 0. The molecular formula is C13H12ClFO. The van der Waals surface area contributed by atoms with E-state index >= 15 is 0 Å². The van der Waals surface area contributed by atoms with Gasteiger partial charge >= 0.3 is 0 Å². The average molecular weight is 239 g/mol. The number of ketones is 1. The Morgan fingerprint density at radius 1 is 1.38 bits per heavy atom. The number of halogens is 2. The van der Waals surface area contributed by atoms with Gasteiger partial charge in [0.1, 0.15) is 12.0 Å². The van der Waals surface area contributed by atoms with E-state index in [2.05, 4.69) is 0 Å². The summed E-state index contributed by atoms with van der Waals surface area (Å²) < 4.78 is 14.1. The van der Waals surface area contributed by atoms with E-state index in [1.54, 1.807) is 0 Å². The van der Waals surface area contributed by atoms with Crippen molar-refractivity contribution in [3.05, 3.63) is 34.3 Å². The van der Waals surface area contributed by atoms with Gasteiger partial charge in [-0.2, -0.15) is 0 Å². The molecule has 84 valence electrons. The van der Waals surface area contributed by atoms with Crippen LogP contribution in [0.25, 0.3) is 0 Å². The van der Waals surface area contributed by atoms with Crippen LogP contribution in [0.4, 0.5) is 4.39 Å². The minimum atomic E-state index is -1.03. The van der Waals surface area contributed by atoms with Gasteiger partial charge in [0.2, 0.25) is 0 Å². The highest BCUT2D eigenvalue weighted by atomic mass is 35.5. The summed E-state index contributed by atoms with van der Waals surface area (Å²) in [5, 5.41) is 0.670. The Hall–Kier alpha value is -0.890. The zero-order valence-corrected chi connectivity index (χ0v) is 9.56. The number of fused-ring (bicyclic) bond motifs is 2. The summed E-state index contributed by atoms with van der Waals surface area (Å²) in [6, 6.07) is 5.49. The van der Waals surface area contributed by atoms with E-state index in [0.717, 1.165) is 11.1 Å². The van der Waals surface area contributed by atoms with Gasteiger partial charge < -0.3 is 0 Å². The van der Waals surface area contributed by atoms with Crippen molar-refractivity contribution in [1.29, 1.82) is 0 Å². The first-order valence-electron chi connectivity index (χ1n) is 5.61. The predicted octanol–water partition coefficient (Wildman–Crippen LogP) is 3.23.